The summed E-state index contributed by atoms with van der Waals surface area (Å²) in [5.74, 6) is -0.779. The smallest absolute Gasteiger partial charge is 0.311 e. The molecule has 2 rings (SSSR count). The van der Waals surface area contributed by atoms with Gasteiger partial charge in [-0.1, -0.05) is 28.1 Å². The van der Waals surface area contributed by atoms with Gasteiger partial charge in [-0.05, 0) is 37.5 Å². The molecular weight excluding hydrogens is 322 g/mol. The minimum absolute atomic E-state index is 0.0397. The highest BCUT2D eigenvalue weighted by molar-refractivity contribution is 9.10. The van der Waals surface area contributed by atoms with Crippen molar-refractivity contribution in [1.82, 2.24) is 4.90 Å². The summed E-state index contributed by atoms with van der Waals surface area (Å²) < 4.78 is 1.02. The summed E-state index contributed by atoms with van der Waals surface area (Å²) in [5.41, 5.74) is 0.328. The Morgan fingerprint density at radius 3 is 2.55 bits per heavy atom. The maximum atomic E-state index is 12.1. The van der Waals surface area contributed by atoms with Crippen LogP contribution in [0.25, 0.3) is 0 Å². The summed E-state index contributed by atoms with van der Waals surface area (Å²) in [6.07, 6.45) is 1.65. The van der Waals surface area contributed by atoms with E-state index in [-0.39, 0.29) is 5.91 Å². The highest BCUT2D eigenvalue weighted by Gasteiger charge is 2.41. The maximum Gasteiger partial charge on any atom is 0.311 e. The second-order valence-corrected chi connectivity index (χ2v) is 6.47. The van der Waals surface area contributed by atoms with E-state index in [1.807, 2.05) is 24.3 Å². The second kappa shape index (κ2) is 5.95. The number of carbonyl (C=O) groups is 2. The molecule has 5 heteroatoms. The van der Waals surface area contributed by atoms with Crippen molar-refractivity contribution in [3.05, 3.63) is 34.3 Å². The minimum atomic E-state index is -0.819. The molecule has 108 valence electrons. The number of carbonyl (C=O) groups excluding carboxylic acids is 1. The van der Waals surface area contributed by atoms with Gasteiger partial charge in [0.2, 0.25) is 5.91 Å². The van der Waals surface area contributed by atoms with Crippen molar-refractivity contribution in [2.75, 3.05) is 13.1 Å². The van der Waals surface area contributed by atoms with Gasteiger partial charge in [-0.3, -0.25) is 9.59 Å². The lowest BCUT2D eigenvalue weighted by Gasteiger charge is -2.20. The molecule has 1 amide bonds. The average molecular weight is 340 g/mol. The first kappa shape index (κ1) is 15.0. The fourth-order valence-electron chi connectivity index (χ4n) is 2.41. The normalized spacial score (nSPS) is 22.0. The number of carboxylic acid groups (broad SMARTS) is 1. The Kier molecular flexibility index (Phi) is 4.48. The van der Waals surface area contributed by atoms with Gasteiger partial charge < -0.3 is 10.0 Å². The monoisotopic (exact) mass is 339 g/mol. The molecule has 1 fully saturated rings. The van der Waals surface area contributed by atoms with E-state index >= 15 is 0 Å². The van der Waals surface area contributed by atoms with Crippen molar-refractivity contribution in [2.45, 2.75) is 26.2 Å². The van der Waals surface area contributed by atoms with Gasteiger partial charge in [0.05, 0.1) is 5.41 Å². The topological polar surface area (TPSA) is 57.6 Å². The zero-order valence-corrected chi connectivity index (χ0v) is 13.0. The zero-order valence-electron chi connectivity index (χ0n) is 11.4. The Labute approximate surface area is 126 Å². The molecule has 1 heterocycles. The van der Waals surface area contributed by atoms with Gasteiger partial charge in [0, 0.05) is 24.0 Å². The van der Waals surface area contributed by atoms with Gasteiger partial charge in [-0.15, -0.1) is 0 Å². The zero-order chi connectivity index (χ0) is 14.8. The molecule has 1 aliphatic rings. The van der Waals surface area contributed by atoms with Gasteiger partial charge >= 0.3 is 5.97 Å². The predicted octanol–water partition coefficient (Wildman–Crippen LogP) is 2.70. The van der Waals surface area contributed by atoms with Crippen molar-refractivity contribution in [2.24, 2.45) is 5.41 Å². The third-order valence-electron chi connectivity index (χ3n) is 3.88. The number of carboxylic acids is 1. The van der Waals surface area contributed by atoms with Crippen molar-refractivity contribution in [1.29, 1.82) is 0 Å². The molecule has 20 heavy (non-hydrogen) atoms. The van der Waals surface area contributed by atoms with Crippen LogP contribution in [0.5, 0.6) is 0 Å². The number of halogens is 1. The van der Waals surface area contributed by atoms with Crippen LogP contribution in [-0.4, -0.2) is 35.0 Å². The van der Waals surface area contributed by atoms with Crippen molar-refractivity contribution in [3.8, 4) is 0 Å². The number of aryl methyl sites for hydroxylation is 1. The van der Waals surface area contributed by atoms with Crippen LogP contribution in [-0.2, 0) is 16.0 Å². The maximum absolute atomic E-state index is 12.1. The van der Waals surface area contributed by atoms with E-state index in [0.29, 0.717) is 32.4 Å². The van der Waals surface area contributed by atoms with Crippen LogP contribution in [0.15, 0.2) is 28.7 Å². The van der Waals surface area contributed by atoms with Gasteiger partial charge in [-0.25, -0.2) is 0 Å². The standard InChI is InChI=1S/C15H18BrNO3/c1-15(14(19)20)8-9-17(10-15)13(18)7-4-11-2-5-12(16)6-3-11/h2-3,5-6H,4,7-10H2,1H3,(H,19,20). The molecule has 4 nitrogen and oxygen atoms in total. The summed E-state index contributed by atoms with van der Waals surface area (Å²) in [5, 5.41) is 9.16. The lowest BCUT2D eigenvalue weighted by molar-refractivity contribution is -0.147. The number of rotatable bonds is 4. The van der Waals surface area contributed by atoms with Gasteiger partial charge in [0.15, 0.2) is 0 Å². The number of likely N-dealkylation sites (tertiary alicyclic amines) is 1. The summed E-state index contributed by atoms with van der Waals surface area (Å²) in [4.78, 5) is 25.0. The molecule has 1 saturated heterocycles. The Balaban J connectivity index is 1.87. The highest BCUT2D eigenvalue weighted by atomic mass is 79.9. The van der Waals surface area contributed by atoms with Crippen molar-refractivity contribution in [3.63, 3.8) is 0 Å². The van der Waals surface area contributed by atoms with E-state index in [1.54, 1.807) is 11.8 Å². The van der Waals surface area contributed by atoms with Gasteiger partial charge in [0.25, 0.3) is 0 Å². The molecule has 1 aromatic rings. The van der Waals surface area contributed by atoms with E-state index < -0.39 is 11.4 Å². The number of hydrogen-bond acceptors (Lipinski definition) is 2. The first-order valence-corrected chi connectivity index (χ1v) is 7.46. The number of aliphatic carboxylic acids is 1. The van der Waals surface area contributed by atoms with Crippen molar-refractivity contribution < 1.29 is 14.7 Å². The third kappa shape index (κ3) is 3.39. The number of benzene rings is 1. The van der Waals surface area contributed by atoms with Crippen LogP contribution in [0, 0.1) is 5.41 Å². The summed E-state index contributed by atoms with van der Waals surface area (Å²) >= 11 is 3.37. The molecule has 0 aliphatic carbocycles. The number of hydrogen-bond donors (Lipinski definition) is 1. The van der Waals surface area contributed by atoms with Crippen LogP contribution >= 0.6 is 15.9 Å². The van der Waals surface area contributed by atoms with E-state index in [4.69, 9.17) is 5.11 Å². The van der Waals surface area contributed by atoms with Crippen LogP contribution in [0.3, 0.4) is 0 Å². The quantitative estimate of drug-likeness (QED) is 0.917. The molecule has 1 aliphatic heterocycles. The van der Waals surface area contributed by atoms with Crippen LogP contribution in [0.4, 0.5) is 0 Å². The molecule has 1 unspecified atom stereocenters. The molecule has 1 atom stereocenters. The van der Waals surface area contributed by atoms with E-state index in [1.165, 1.54) is 0 Å². The Morgan fingerprint density at radius 2 is 2.00 bits per heavy atom. The number of nitrogens with zero attached hydrogens (tertiary/aromatic N) is 1. The third-order valence-corrected chi connectivity index (χ3v) is 4.41. The van der Waals surface area contributed by atoms with Crippen LogP contribution < -0.4 is 0 Å². The number of amides is 1. The Bertz CT molecular complexity index is 514. The SMILES string of the molecule is CC1(C(=O)O)CCN(C(=O)CCc2ccc(Br)cc2)C1. The molecule has 0 aromatic heterocycles. The second-order valence-electron chi connectivity index (χ2n) is 5.56. The van der Waals surface area contributed by atoms with E-state index in [0.717, 1.165) is 10.0 Å². The molecule has 1 aromatic carbocycles. The molecular formula is C15H18BrNO3. The average Bonchev–Trinajstić information content (AvgIpc) is 2.82. The summed E-state index contributed by atoms with van der Waals surface area (Å²) in [6, 6.07) is 7.89. The fraction of sp³-hybridized carbons (Fsp3) is 0.467. The molecule has 1 N–H and O–H groups in total. The Morgan fingerprint density at radius 1 is 1.35 bits per heavy atom. The first-order valence-electron chi connectivity index (χ1n) is 6.66. The fourth-order valence-corrected chi connectivity index (χ4v) is 2.67. The van der Waals surface area contributed by atoms with Crippen LogP contribution in [0.2, 0.25) is 0 Å². The minimum Gasteiger partial charge on any atom is -0.481 e. The lowest BCUT2D eigenvalue weighted by Crippen LogP contribution is -2.34. The first-order chi connectivity index (χ1) is 9.40. The summed E-state index contributed by atoms with van der Waals surface area (Å²) in [7, 11) is 0. The van der Waals surface area contributed by atoms with E-state index in [9.17, 15) is 9.59 Å². The lowest BCUT2D eigenvalue weighted by atomic mass is 9.90. The molecule has 0 radical (unpaired) electrons. The molecule has 0 bridgehead atoms. The predicted molar refractivity (Wildman–Crippen MR) is 79.4 cm³/mol. The van der Waals surface area contributed by atoms with E-state index in [2.05, 4.69) is 15.9 Å². The largest absolute Gasteiger partial charge is 0.481 e. The van der Waals surface area contributed by atoms with Gasteiger partial charge in [-0.2, -0.15) is 0 Å². The van der Waals surface area contributed by atoms with Crippen LogP contribution in [0.1, 0.15) is 25.3 Å². The summed E-state index contributed by atoms with van der Waals surface area (Å²) in [6.45, 7) is 2.57. The highest BCUT2D eigenvalue weighted by Crippen LogP contribution is 2.30. The van der Waals surface area contributed by atoms with Crippen molar-refractivity contribution >= 4 is 27.8 Å². The Hall–Kier alpha value is -1.36. The molecule has 0 spiro atoms. The van der Waals surface area contributed by atoms with Gasteiger partial charge in [0.1, 0.15) is 0 Å². The molecule has 0 saturated carbocycles.